The topological polar surface area (TPSA) is 87.2 Å². The largest absolute Gasteiger partial charge is 0.483 e. The van der Waals surface area contributed by atoms with Gasteiger partial charge in [-0.05, 0) is 30.2 Å². The van der Waals surface area contributed by atoms with E-state index < -0.39 is 0 Å². The fourth-order valence-corrected chi connectivity index (χ4v) is 3.24. The summed E-state index contributed by atoms with van der Waals surface area (Å²) in [5.41, 5.74) is 4.10. The monoisotopic (exact) mass is 368 g/mol. The number of aryl methyl sites for hydroxylation is 1. The van der Waals surface area contributed by atoms with Crippen LogP contribution < -0.4 is 0 Å². The summed E-state index contributed by atoms with van der Waals surface area (Å²) in [7, 11) is 0. The molecule has 0 bridgehead atoms. The van der Waals surface area contributed by atoms with Crippen LogP contribution in [0, 0.1) is 6.92 Å². The predicted octanol–water partition coefficient (Wildman–Crippen LogP) is 2.21. The number of rotatable bonds is 2. The molecule has 2 amide bonds. The first-order valence-electron chi connectivity index (χ1n) is 8.57. The molecule has 27 heavy (non-hydrogen) atoms. The van der Waals surface area contributed by atoms with Crippen molar-refractivity contribution in [2.75, 3.05) is 26.3 Å². The van der Waals surface area contributed by atoms with Crippen molar-refractivity contribution in [1.82, 2.24) is 10.0 Å². The first-order chi connectivity index (χ1) is 13.1. The van der Waals surface area contributed by atoms with Crippen molar-refractivity contribution in [3.05, 3.63) is 59.2 Å². The lowest BCUT2D eigenvalue weighted by Crippen LogP contribution is -2.51. The molecular formula is C20H20N2O5. The summed E-state index contributed by atoms with van der Waals surface area (Å²) in [5.74, 6) is -0.487. The van der Waals surface area contributed by atoms with E-state index in [0.717, 1.165) is 16.7 Å². The fraction of sp³-hybridized carbons (Fsp3) is 0.250. The number of benzene rings is 2. The third-order valence-electron chi connectivity index (χ3n) is 4.49. The lowest BCUT2D eigenvalue weighted by molar-refractivity contribution is -0.122. The van der Waals surface area contributed by atoms with Gasteiger partial charge in [-0.3, -0.25) is 14.4 Å². The Morgan fingerprint density at radius 1 is 0.963 bits per heavy atom. The summed E-state index contributed by atoms with van der Waals surface area (Å²) < 4.78 is 5.30. The number of imide groups is 1. The number of nitrogens with zero attached hydrogens (tertiary/aromatic N) is 2. The minimum absolute atomic E-state index is 0.243. The van der Waals surface area contributed by atoms with E-state index >= 15 is 0 Å². The fourth-order valence-electron chi connectivity index (χ4n) is 3.24. The SMILES string of the molecule is Cc1cccc(-c2ccc3c(c2)C(=O)N(N2CCOCC2)C3=O)c1.O=CO. The van der Waals surface area contributed by atoms with Crippen LogP contribution in [0.25, 0.3) is 11.1 Å². The second-order valence-corrected chi connectivity index (χ2v) is 6.22. The minimum atomic E-state index is -0.250. The molecule has 2 heterocycles. The Kier molecular flexibility index (Phi) is 5.63. The van der Waals surface area contributed by atoms with Crippen molar-refractivity contribution in [3.63, 3.8) is 0 Å². The van der Waals surface area contributed by atoms with Crippen LogP contribution in [0.3, 0.4) is 0 Å². The Labute approximate surface area is 156 Å². The van der Waals surface area contributed by atoms with E-state index in [4.69, 9.17) is 14.6 Å². The molecule has 7 heteroatoms. The third-order valence-corrected chi connectivity index (χ3v) is 4.49. The average Bonchev–Trinajstić information content (AvgIpc) is 2.93. The highest BCUT2D eigenvalue weighted by Crippen LogP contribution is 2.30. The van der Waals surface area contributed by atoms with Gasteiger partial charge in [0.1, 0.15) is 0 Å². The van der Waals surface area contributed by atoms with Gasteiger partial charge in [0.2, 0.25) is 0 Å². The van der Waals surface area contributed by atoms with E-state index in [1.165, 1.54) is 5.01 Å². The number of fused-ring (bicyclic) bond motifs is 1. The normalized spacial score (nSPS) is 16.6. The predicted molar refractivity (Wildman–Crippen MR) is 98.2 cm³/mol. The smallest absolute Gasteiger partial charge is 0.290 e. The molecule has 2 aromatic carbocycles. The molecule has 0 radical (unpaired) electrons. The van der Waals surface area contributed by atoms with Gasteiger partial charge in [0.15, 0.2) is 0 Å². The van der Waals surface area contributed by atoms with Gasteiger partial charge >= 0.3 is 0 Å². The molecule has 1 N–H and O–H groups in total. The molecule has 140 valence electrons. The number of morpholine rings is 1. The van der Waals surface area contributed by atoms with Gasteiger partial charge in [0.25, 0.3) is 18.3 Å². The van der Waals surface area contributed by atoms with Crippen molar-refractivity contribution in [2.45, 2.75) is 6.92 Å². The van der Waals surface area contributed by atoms with Gasteiger partial charge in [-0.1, -0.05) is 35.9 Å². The molecular weight excluding hydrogens is 348 g/mol. The lowest BCUT2D eigenvalue weighted by atomic mass is 9.99. The zero-order valence-electron chi connectivity index (χ0n) is 14.9. The molecule has 0 aliphatic carbocycles. The molecule has 0 saturated carbocycles. The number of amides is 2. The van der Waals surface area contributed by atoms with Crippen LogP contribution in [-0.2, 0) is 9.53 Å². The van der Waals surface area contributed by atoms with Crippen molar-refractivity contribution < 1.29 is 24.2 Å². The highest BCUT2D eigenvalue weighted by molar-refractivity contribution is 6.21. The molecule has 1 saturated heterocycles. The molecule has 0 unspecified atom stereocenters. The zero-order chi connectivity index (χ0) is 19.4. The highest BCUT2D eigenvalue weighted by Gasteiger charge is 2.39. The van der Waals surface area contributed by atoms with Crippen LogP contribution in [0.4, 0.5) is 0 Å². The van der Waals surface area contributed by atoms with Crippen molar-refractivity contribution in [1.29, 1.82) is 0 Å². The summed E-state index contributed by atoms with van der Waals surface area (Å²) in [4.78, 5) is 33.8. The molecule has 2 aliphatic heterocycles. The van der Waals surface area contributed by atoms with Crippen LogP contribution in [0.1, 0.15) is 26.3 Å². The maximum atomic E-state index is 12.8. The lowest BCUT2D eigenvalue weighted by Gasteiger charge is -2.32. The summed E-state index contributed by atoms with van der Waals surface area (Å²) >= 11 is 0. The second-order valence-electron chi connectivity index (χ2n) is 6.22. The van der Waals surface area contributed by atoms with E-state index in [0.29, 0.717) is 37.4 Å². The van der Waals surface area contributed by atoms with Gasteiger partial charge in [-0.15, -0.1) is 0 Å². The summed E-state index contributed by atoms with van der Waals surface area (Å²) in [6.45, 7) is 3.95. The first-order valence-corrected chi connectivity index (χ1v) is 8.57. The van der Waals surface area contributed by atoms with Gasteiger partial charge < -0.3 is 9.84 Å². The summed E-state index contributed by atoms with van der Waals surface area (Å²) in [5, 5.41) is 9.94. The number of hydrogen-bond acceptors (Lipinski definition) is 5. The first kappa shape index (κ1) is 18.8. The molecule has 7 nitrogen and oxygen atoms in total. The van der Waals surface area contributed by atoms with Gasteiger partial charge in [-0.25, -0.2) is 10.0 Å². The van der Waals surface area contributed by atoms with Gasteiger partial charge in [-0.2, -0.15) is 0 Å². The number of hydrazine groups is 1. The Bertz CT molecular complexity index is 874. The number of carbonyl (C=O) groups is 3. The van der Waals surface area contributed by atoms with Gasteiger partial charge in [0, 0.05) is 13.1 Å². The maximum Gasteiger partial charge on any atom is 0.290 e. The third kappa shape index (κ3) is 3.74. The van der Waals surface area contributed by atoms with Crippen molar-refractivity contribution >= 4 is 18.3 Å². The van der Waals surface area contributed by atoms with Crippen molar-refractivity contribution in [3.8, 4) is 11.1 Å². The maximum absolute atomic E-state index is 12.8. The van der Waals surface area contributed by atoms with Crippen LogP contribution in [0.2, 0.25) is 0 Å². The zero-order valence-corrected chi connectivity index (χ0v) is 14.9. The van der Waals surface area contributed by atoms with Crippen LogP contribution >= 0.6 is 0 Å². The molecule has 0 spiro atoms. The van der Waals surface area contributed by atoms with E-state index in [1.807, 2.05) is 37.3 Å². The van der Waals surface area contributed by atoms with Crippen LogP contribution in [0.15, 0.2) is 42.5 Å². The quantitative estimate of drug-likeness (QED) is 0.646. The second kappa shape index (κ2) is 8.11. The molecule has 2 aliphatic rings. The molecule has 4 rings (SSSR count). The van der Waals surface area contributed by atoms with E-state index in [1.54, 1.807) is 11.1 Å². The number of ether oxygens (including phenoxy) is 1. The molecule has 0 aromatic heterocycles. The number of carboxylic acid groups (broad SMARTS) is 1. The average molecular weight is 368 g/mol. The van der Waals surface area contributed by atoms with Crippen LogP contribution in [0.5, 0.6) is 0 Å². The highest BCUT2D eigenvalue weighted by atomic mass is 16.5. The Morgan fingerprint density at radius 2 is 1.59 bits per heavy atom. The molecule has 0 atom stereocenters. The molecule has 2 aromatic rings. The van der Waals surface area contributed by atoms with E-state index in [9.17, 15) is 9.59 Å². The standard InChI is InChI=1S/C19H18N2O3.CH2O2/c1-13-3-2-4-14(11-13)15-5-6-16-17(12-15)19(23)21(18(16)22)20-7-9-24-10-8-20;2-1-3/h2-6,11-12H,7-10H2,1H3;1H,(H,2,3). The summed E-state index contributed by atoms with van der Waals surface area (Å²) in [6.07, 6.45) is 0. The van der Waals surface area contributed by atoms with Crippen molar-refractivity contribution in [2.24, 2.45) is 0 Å². The number of carbonyl (C=O) groups excluding carboxylic acids is 2. The van der Waals surface area contributed by atoms with E-state index in [-0.39, 0.29) is 18.3 Å². The Balaban J connectivity index is 0.000000659. The summed E-state index contributed by atoms with van der Waals surface area (Å²) in [6, 6.07) is 13.6. The van der Waals surface area contributed by atoms with Crippen LogP contribution in [-0.4, -0.2) is 59.7 Å². The van der Waals surface area contributed by atoms with E-state index in [2.05, 4.69) is 6.07 Å². The number of hydrogen-bond donors (Lipinski definition) is 1. The minimum Gasteiger partial charge on any atom is -0.483 e. The molecule has 1 fully saturated rings. The Morgan fingerprint density at radius 3 is 2.26 bits per heavy atom. The Hall–Kier alpha value is -3.03. The van der Waals surface area contributed by atoms with Gasteiger partial charge in [0.05, 0.1) is 24.3 Å².